The molecule has 0 spiro atoms. The summed E-state index contributed by atoms with van der Waals surface area (Å²) in [6.07, 6.45) is 7.89. The third-order valence-corrected chi connectivity index (χ3v) is 12.4. The maximum Gasteiger partial charge on any atom is 0.243 e. The molecule has 3 N–H and O–H groups in total. The summed E-state index contributed by atoms with van der Waals surface area (Å²) in [7, 11) is -9.41. The summed E-state index contributed by atoms with van der Waals surface area (Å²) in [5, 5.41) is 30.1. The number of allylic oxidation sites excluding steroid dienone is 8. The van der Waals surface area contributed by atoms with Crippen molar-refractivity contribution in [2.75, 3.05) is 28.8 Å². The smallest absolute Gasteiger partial charge is 0.243 e. The molecular weight excluding hydrogens is 735 g/mol. The average molecular weight is 772 g/mol. The Morgan fingerprint density at radius 3 is 2.06 bits per heavy atom. The molecule has 0 saturated heterocycles. The van der Waals surface area contributed by atoms with Crippen molar-refractivity contribution in [3.63, 3.8) is 0 Å². The van der Waals surface area contributed by atoms with Crippen molar-refractivity contribution in [2.24, 2.45) is 4.99 Å². The number of benzene rings is 2. The van der Waals surface area contributed by atoms with E-state index in [1.54, 1.807) is 34.1 Å². The van der Waals surface area contributed by atoms with Gasteiger partial charge in [0.2, 0.25) is 5.91 Å². The van der Waals surface area contributed by atoms with Crippen LogP contribution in [0.3, 0.4) is 0 Å². The van der Waals surface area contributed by atoms with Gasteiger partial charge >= 0.3 is 0 Å². The molecule has 2 aliphatic carbocycles. The van der Waals surface area contributed by atoms with Crippen LogP contribution >= 0.6 is 12.0 Å². The molecule has 6 rings (SSSR count). The highest BCUT2D eigenvalue weighted by Gasteiger charge is 2.49. The van der Waals surface area contributed by atoms with Crippen LogP contribution in [0.25, 0.3) is 0 Å². The Labute approximate surface area is 306 Å². The average Bonchev–Trinajstić information content (AvgIpc) is 3.71. The molecule has 2 heterocycles. The Morgan fingerprint density at radius 2 is 1.52 bits per heavy atom. The van der Waals surface area contributed by atoms with E-state index in [9.17, 15) is 40.9 Å². The molecule has 17 heteroatoms. The molecule has 2 aliphatic heterocycles. The molecule has 2 aromatic carbocycles. The van der Waals surface area contributed by atoms with Gasteiger partial charge in [0.25, 0.3) is 0 Å². The zero-order valence-electron chi connectivity index (χ0n) is 28.5. The van der Waals surface area contributed by atoms with Crippen LogP contribution in [0.1, 0.15) is 57.6 Å². The molecule has 3 unspecified atom stereocenters. The number of nitrogens with zero attached hydrogens (tertiary/aromatic N) is 3. The Bertz CT molecular complexity index is 2210. The number of hydrogen-bond acceptors (Lipinski definition) is 14. The second-order valence-corrected chi connectivity index (χ2v) is 17.3. The Morgan fingerprint density at radius 1 is 0.962 bits per heavy atom. The second kappa shape index (κ2) is 14.0. The molecule has 3 atom stereocenters. The highest BCUT2D eigenvalue weighted by Crippen LogP contribution is 2.58. The third kappa shape index (κ3) is 7.04. The Kier molecular flexibility index (Phi) is 10.2. The SMILES string of the molecule is CC(=O)N=C(C=CC1=C2N(CC(O)CS(=O)(=O)[O-])c3ccc(SOO)cc3C2(C)CC1)/C=C/C1=C2N(CO)c3ccc(S(=O)(=O)[O-])cc3C2(C)CC1. The highest BCUT2D eigenvalue weighted by molar-refractivity contribution is 7.94. The Balaban J connectivity index is 1.37. The monoisotopic (exact) mass is 771 g/mol. The minimum atomic E-state index is -4.71. The summed E-state index contributed by atoms with van der Waals surface area (Å²) in [5.41, 5.74) is 5.08. The first kappa shape index (κ1) is 38.1. The predicted octanol–water partition coefficient (Wildman–Crippen LogP) is 3.99. The number of aliphatic hydroxyl groups is 2. The van der Waals surface area contributed by atoms with Gasteiger partial charge in [-0.3, -0.25) is 4.79 Å². The van der Waals surface area contributed by atoms with E-state index in [-0.39, 0.29) is 18.2 Å². The van der Waals surface area contributed by atoms with Crippen LogP contribution < -0.4 is 9.80 Å². The predicted molar refractivity (Wildman–Crippen MR) is 192 cm³/mol. The number of fused-ring (bicyclic) bond motifs is 6. The molecule has 14 nitrogen and oxygen atoms in total. The van der Waals surface area contributed by atoms with Gasteiger partial charge in [0, 0.05) is 52.0 Å². The first-order chi connectivity index (χ1) is 24.4. The van der Waals surface area contributed by atoms with Gasteiger partial charge in [-0.05, 0) is 110 Å². The van der Waals surface area contributed by atoms with Gasteiger partial charge in [-0.15, -0.1) is 0 Å². The fraction of sp³-hybridized carbons (Fsp3) is 0.371. The van der Waals surface area contributed by atoms with Crippen LogP contribution in [0.4, 0.5) is 11.4 Å². The second-order valence-electron chi connectivity index (χ2n) is 13.7. The van der Waals surface area contributed by atoms with Gasteiger partial charge in [-0.1, -0.05) is 12.2 Å². The number of amides is 1. The lowest BCUT2D eigenvalue weighted by Crippen LogP contribution is -2.36. The van der Waals surface area contributed by atoms with Crippen LogP contribution in [0.2, 0.25) is 0 Å². The molecule has 4 aliphatic rings. The van der Waals surface area contributed by atoms with E-state index in [0.717, 1.165) is 40.1 Å². The van der Waals surface area contributed by atoms with E-state index in [1.807, 2.05) is 32.1 Å². The van der Waals surface area contributed by atoms with Crippen LogP contribution in [0, 0.1) is 0 Å². The molecular formula is C35H37N3O11S3-2. The van der Waals surface area contributed by atoms with Crippen molar-refractivity contribution in [3.8, 4) is 0 Å². The van der Waals surface area contributed by atoms with E-state index < -0.39 is 48.8 Å². The minimum absolute atomic E-state index is 0.171. The van der Waals surface area contributed by atoms with Crippen molar-refractivity contribution in [1.82, 2.24) is 0 Å². The summed E-state index contributed by atoms with van der Waals surface area (Å²) in [6, 6.07) is 9.47. The third-order valence-electron chi connectivity index (χ3n) is 10.2. The quantitative estimate of drug-likeness (QED) is 0.0914. The molecule has 0 saturated carbocycles. The summed E-state index contributed by atoms with van der Waals surface area (Å²) in [4.78, 5) is 20.2. The summed E-state index contributed by atoms with van der Waals surface area (Å²) in [6.45, 7) is 4.71. The molecule has 0 fully saturated rings. The number of aliphatic imine (C=N–C) groups is 1. The topological polar surface area (TPSA) is 220 Å². The van der Waals surface area contributed by atoms with E-state index in [0.29, 0.717) is 53.2 Å². The van der Waals surface area contributed by atoms with Crippen molar-refractivity contribution in [3.05, 3.63) is 94.4 Å². The van der Waals surface area contributed by atoms with Gasteiger partial charge in [0.05, 0.1) is 44.6 Å². The van der Waals surface area contributed by atoms with Crippen molar-refractivity contribution < 1.29 is 50.5 Å². The lowest BCUT2D eigenvalue weighted by molar-refractivity contribution is -0.116. The molecule has 0 radical (unpaired) electrons. The maximum absolute atomic E-state index is 12.3. The van der Waals surface area contributed by atoms with Crippen molar-refractivity contribution >= 4 is 55.3 Å². The van der Waals surface area contributed by atoms with Gasteiger partial charge in [0.15, 0.2) is 0 Å². The van der Waals surface area contributed by atoms with Crippen LogP contribution in [-0.2, 0) is 40.2 Å². The van der Waals surface area contributed by atoms with E-state index in [1.165, 1.54) is 25.1 Å². The molecule has 1 amide bonds. The first-order valence-corrected chi connectivity index (χ1v) is 20.1. The number of anilines is 2. The number of rotatable bonds is 12. The van der Waals surface area contributed by atoms with E-state index in [4.69, 9.17) is 5.26 Å². The fourth-order valence-corrected chi connectivity index (χ4v) is 9.59. The zero-order chi connectivity index (χ0) is 37.8. The minimum Gasteiger partial charge on any atom is -0.748 e. The highest BCUT2D eigenvalue weighted by atomic mass is 32.2. The number of carbonyl (C=O) groups is 1. The maximum atomic E-state index is 12.3. The van der Waals surface area contributed by atoms with Crippen LogP contribution in [0.5, 0.6) is 0 Å². The summed E-state index contributed by atoms with van der Waals surface area (Å²) in [5.74, 6) is -1.41. The number of hydrogen-bond donors (Lipinski definition) is 3. The number of β-amino-alcohol motifs (C(OH)–C–C–N with tert-alkyl or cyclic N) is 1. The zero-order valence-corrected chi connectivity index (χ0v) is 30.9. The lowest BCUT2D eigenvalue weighted by atomic mass is 9.82. The number of carbonyl (C=O) groups excluding carboxylic acids is 1. The molecule has 52 heavy (non-hydrogen) atoms. The van der Waals surface area contributed by atoms with Crippen LogP contribution in [0.15, 0.2) is 98.0 Å². The van der Waals surface area contributed by atoms with Crippen molar-refractivity contribution in [1.29, 1.82) is 0 Å². The molecule has 2 aromatic rings. The largest absolute Gasteiger partial charge is 0.748 e. The fourth-order valence-electron chi connectivity index (χ4n) is 8.14. The van der Waals surface area contributed by atoms with Crippen molar-refractivity contribution in [2.45, 2.75) is 73.2 Å². The summed E-state index contributed by atoms with van der Waals surface area (Å²) >= 11 is 0.763. The molecule has 0 aromatic heterocycles. The normalized spacial score (nSPS) is 23.7. The Hall–Kier alpha value is -3.65. The van der Waals surface area contributed by atoms with Gasteiger partial charge in [0.1, 0.15) is 16.8 Å². The van der Waals surface area contributed by atoms with E-state index in [2.05, 4.69) is 9.33 Å². The van der Waals surface area contributed by atoms with Gasteiger partial charge in [-0.2, -0.15) is 4.33 Å². The number of aliphatic hydroxyl groups excluding tert-OH is 2. The van der Waals surface area contributed by atoms with Gasteiger partial charge in [-0.25, -0.2) is 27.1 Å². The lowest BCUT2D eigenvalue weighted by Gasteiger charge is -2.28. The van der Waals surface area contributed by atoms with E-state index >= 15 is 0 Å². The molecule has 278 valence electrons. The first-order valence-electron chi connectivity index (χ1n) is 16.3. The van der Waals surface area contributed by atoms with Crippen LogP contribution in [-0.4, -0.2) is 78.2 Å². The molecule has 0 bridgehead atoms. The van der Waals surface area contributed by atoms with Gasteiger partial charge < -0.3 is 29.1 Å². The summed E-state index contributed by atoms with van der Waals surface area (Å²) < 4.78 is 74.1. The standard InChI is InChI=1S/C35H39N3O11S3/c1-21(40)36-24(7-5-23-13-15-35(3)29-17-27(52(46,47)48)9-11-31(29)38(20-39)33(23)35)6-4-22-12-14-34(2)28-16-26(50-49-42)8-10-30(28)37(32(22)34)18-25(41)19-51(43,44)45/h4-11,16-17,25,39,41-42H,12-15,18-20H2,1-3H3,(H,43,44,45)(H,46,47,48)/p-2/b6-4?,7-5+,36-24?.